The van der Waals surface area contributed by atoms with Crippen molar-refractivity contribution in [3.8, 4) is 12.1 Å². The van der Waals surface area contributed by atoms with Crippen LogP contribution in [0, 0.1) is 28.6 Å². The molecule has 3 aliphatic carbocycles. The lowest BCUT2D eigenvalue weighted by Gasteiger charge is -2.26. The zero-order chi connectivity index (χ0) is 31.3. The van der Waals surface area contributed by atoms with Crippen molar-refractivity contribution in [2.45, 2.75) is 58.3 Å². The number of para-hydroxylation sites is 1. The van der Waals surface area contributed by atoms with Crippen LogP contribution in [0.25, 0.3) is 60.6 Å². The van der Waals surface area contributed by atoms with Crippen molar-refractivity contribution >= 4 is 60.6 Å². The van der Waals surface area contributed by atoms with Gasteiger partial charge in [-0.15, -0.1) is 0 Å². The van der Waals surface area contributed by atoms with Gasteiger partial charge in [-0.2, -0.15) is 10.5 Å². The van der Waals surface area contributed by atoms with Crippen molar-refractivity contribution in [3.05, 3.63) is 112 Å². The molecule has 0 spiro atoms. The normalized spacial score (nSPS) is 19.1. The number of hydrogen-bond donors (Lipinski definition) is 0. The highest BCUT2D eigenvalue weighted by atomic mass is 16.3. The Morgan fingerprint density at radius 1 is 0.804 bits per heavy atom. The van der Waals surface area contributed by atoms with Crippen LogP contribution in [0.5, 0.6) is 0 Å². The standard InChI is InChI=1S/C42H33N3O/c1-24-17-26(23-44)40(37(18-24)45-35-13-7-5-10-28(35)31-19-25(22-43)15-16-36(31)45)29-11-8-14-38-41(29)32-20-30-27-9-4-6-12-33(27)42(2,3)34(30)21-39(32)46-38/h5,7-8,10-11,13-17,19-21,24H,4,6,9,12,18H2,1-3H3. The van der Waals surface area contributed by atoms with E-state index in [1.165, 1.54) is 36.0 Å². The third kappa shape index (κ3) is 3.59. The molecule has 9 rings (SSSR count). The molecule has 3 aliphatic rings. The van der Waals surface area contributed by atoms with Gasteiger partial charge in [-0.3, -0.25) is 0 Å². The largest absolute Gasteiger partial charge is 0.456 e. The van der Waals surface area contributed by atoms with Gasteiger partial charge in [-0.1, -0.05) is 62.8 Å². The van der Waals surface area contributed by atoms with E-state index in [0.717, 1.165) is 73.4 Å². The second-order valence-corrected chi connectivity index (χ2v) is 13.9. The molecular formula is C42H33N3O. The quantitative estimate of drug-likeness (QED) is 0.200. The molecule has 6 aromatic rings. The van der Waals surface area contributed by atoms with Crippen LogP contribution < -0.4 is 0 Å². The van der Waals surface area contributed by atoms with Crippen LogP contribution in [0.3, 0.4) is 0 Å². The summed E-state index contributed by atoms with van der Waals surface area (Å²) < 4.78 is 8.99. The van der Waals surface area contributed by atoms with Gasteiger partial charge in [0.05, 0.1) is 34.3 Å². The first-order valence-electron chi connectivity index (χ1n) is 16.4. The maximum atomic E-state index is 10.7. The number of nitriles is 2. The molecule has 0 bridgehead atoms. The third-order valence-electron chi connectivity index (χ3n) is 10.8. The summed E-state index contributed by atoms with van der Waals surface area (Å²) >= 11 is 0. The maximum absolute atomic E-state index is 10.7. The molecule has 0 amide bonds. The van der Waals surface area contributed by atoms with E-state index in [1.807, 2.05) is 12.1 Å². The predicted octanol–water partition coefficient (Wildman–Crippen LogP) is 11.0. The van der Waals surface area contributed by atoms with Crippen LogP contribution in [0.15, 0.2) is 94.4 Å². The summed E-state index contributed by atoms with van der Waals surface area (Å²) in [6, 6.07) is 30.2. The molecule has 0 saturated heterocycles. The second kappa shape index (κ2) is 9.59. The minimum Gasteiger partial charge on any atom is -0.456 e. The lowest BCUT2D eigenvalue weighted by Crippen LogP contribution is -2.18. The Labute approximate surface area is 268 Å². The molecule has 222 valence electrons. The molecule has 46 heavy (non-hydrogen) atoms. The number of fused-ring (bicyclic) bond motifs is 8. The van der Waals surface area contributed by atoms with Gasteiger partial charge in [-0.25, -0.2) is 0 Å². The first kappa shape index (κ1) is 27.0. The summed E-state index contributed by atoms with van der Waals surface area (Å²) in [6.07, 6.45) is 7.71. The first-order valence-corrected chi connectivity index (χ1v) is 16.4. The lowest BCUT2D eigenvalue weighted by molar-refractivity contribution is 0.573. The molecule has 0 radical (unpaired) electrons. The number of allylic oxidation sites excluding steroid dienone is 6. The zero-order valence-electron chi connectivity index (χ0n) is 26.4. The lowest BCUT2D eigenvalue weighted by atomic mass is 9.77. The number of benzene rings is 4. The van der Waals surface area contributed by atoms with Crippen molar-refractivity contribution in [1.29, 1.82) is 10.5 Å². The fraction of sp³-hybridized carbons (Fsp3) is 0.238. The monoisotopic (exact) mass is 595 g/mol. The van der Waals surface area contributed by atoms with Crippen LogP contribution in [-0.2, 0) is 5.41 Å². The van der Waals surface area contributed by atoms with Crippen LogP contribution in [0.2, 0.25) is 0 Å². The van der Waals surface area contributed by atoms with E-state index >= 15 is 0 Å². The van der Waals surface area contributed by atoms with Gasteiger partial charge in [-0.05, 0) is 103 Å². The molecule has 4 aromatic carbocycles. The fourth-order valence-corrected chi connectivity index (χ4v) is 8.82. The number of aromatic nitrogens is 1. The average Bonchev–Trinajstić information content (AvgIpc) is 3.68. The zero-order valence-corrected chi connectivity index (χ0v) is 26.4. The molecule has 0 fully saturated rings. The van der Waals surface area contributed by atoms with Gasteiger partial charge in [0.2, 0.25) is 0 Å². The van der Waals surface area contributed by atoms with Crippen molar-refractivity contribution in [1.82, 2.24) is 4.57 Å². The molecule has 0 saturated carbocycles. The van der Waals surface area contributed by atoms with Crippen molar-refractivity contribution in [2.24, 2.45) is 5.92 Å². The van der Waals surface area contributed by atoms with E-state index in [0.29, 0.717) is 11.1 Å². The Kier molecular flexibility index (Phi) is 5.63. The molecule has 2 aromatic heterocycles. The van der Waals surface area contributed by atoms with Gasteiger partial charge in [0.15, 0.2) is 0 Å². The number of hydrogen-bond acceptors (Lipinski definition) is 3. The highest BCUT2D eigenvalue weighted by molar-refractivity contribution is 6.18. The maximum Gasteiger partial charge on any atom is 0.136 e. The molecular weight excluding hydrogens is 562 g/mol. The van der Waals surface area contributed by atoms with Crippen LogP contribution in [-0.4, -0.2) is 4.57 Å². The van der Waals surface area contributed by atoms with Crippen molar-refractivity contribution < 1.29 is 4.42 Å². The molecule has 1 unspecified atom stereocenters. The van der Waals surface area contributed by atoms with E-state index < -0.39 is 0 Å². The van der Waals surface area contributed by atoms with E-state index in [1.54, 1.807) is 5.57 Å². The molecule has 1 atom stereocenters. The van der Waals surface area contributed by atoms with Crippen LogP contribution in [0.1, 0.15) is 75.1 Å². The number of furan rings is 1. The third-order valence-corrected chi connectivity index (χ3v) is 10.8. The Morgan fingerprint density at radius 2 is 1.63 bits per heavy atom. The van der Waals surface area contributed by atoms with E-state index in [9.17, 15) is 10.5 Å². The molecule has 4 nitrogen and oxygen atoms in total. The second-order valence-electron chi connectivity index (χ2n) is 13.9. The Morgan fingerprint density at radius 3 is 2.48 bits per heavy atom. The SMILES string of the molecule is CC1C=C(C#N)C(c2cccc3oc4cc5c(cc4c23)C2=C(CCCC2)C5(C)C)=C(n2c3ccccc3c3cc(C#N)ccc32)C1. The summed E-state index contributed by atoms with van der Waals surface area (Å²) in [6.45, 7) is 6.92. The summed E-state index contributed by atoms with van der Waals surface area (Å²) in [4.78, 5) is 0. The average molecular weight is 596 g/mol. The van der Waals surface area contributed by atoms with Gasteiger partial charge in [0, 0.05) is 38.2 Å². The summed E-state index contributed by atoms with van der Waals surface area (Å²) in [5, 5.41) is 24.7. The molecule has 2 heterocycles. The van der Waals surface area contributed by atoms with E-state index in [2.05, 4.69) is 104 Å². The highest BCUT2D eigenvalue weighted by Crippen LogP contribution is 2.54. The highest BCUT2D eigenvalue weighted by Gasteiger charge is 2.39. The topological polar surface area (TPSA) is 65.7 Å². The Hall–Kier alpha value is -5.32. The minimum atomic E-state index is 0.00888. The van der Waals surface area contributed by atoms with Crippen molar-refractivity contribution in [3.63, 3.8) is 0 Å². The molecule has 0 aliphatic heterocycles. The summed E-state index contributed by atoms with van der Waals surface area (Å²) in [5.41, 5.74) is 14.2. The summed E-state index contributed by atoms with van der Waals surface area (Å²) in [7, 11) is 0. The van der Waals surface area contributed by atoms with Gasteiger partial charge < -0.3 is 8.98 Å². The van der Waals surface area contributed by atoms with Crippen LogP contribution in [0.4, 0.5) is 0 Å². The Bertz CT molecular complexity index is 2510. The number of nitrogens with zero attached hydrogens (tertiary/aromatic N) is 3. The molecule has 4 heteroatoms. The minimum absolute atomic E-state index is 0.00888. The smallest absolute Gasteiger partial charge is 0.136 e. The van der Waals surface area contributed by atoms with E-state index in [-0.39, 0.29) is 11.3 Å². The first-order chi connectivity index (χ1) is 22.4. The predicted molar refractivity (Wildman–Crippen MR) is 187 cm³/mol. The Balaban J connectivity index is 1.39. The van der Waals surface area contributed by atoms with Crippen LogP contribution >= 0.6 is 0 Å². The van der Waals surface area contributed by atoms with Gasteiger partial charge >= 0.3 is 0 Å². The molecule has 0 N–H and O–H groups in total. The van der Waals surface area contributed by atoms with Crippen molar-refractivity contribution in [2.75, 3.05) is 0 Å². The summed E-state index contributed by atoms with van der Waals surface area (Å²) in [5.74, 6) is 0.186. The number of rotatable bonds is 2. The van der Waals surface area contributed by atoms with Gasteiger partial charge in [0.25, 0.3) is 0 Å². The van der Waals surface area contributed by atoms with Gasteiger partial charge in [0.1, 0.15) is 11.2 Å². The van der Waals surface area contributed by atoms with E-state index in [4.69, 9.17) is 4.42 Å². The fourth-order valence-electron chi connectivity index (χ4n) is 8.82.